The van der Waals surface area contributed by atoms with Gasteiger partial charge in [0.05, 0.1) is 23.0 Å². The van der Waals surface area contributed by atoms with E-state index < -0.39 is 0 Å². The largest absolute Gasteiger partial charge is 0.489 e. The molecule has 2 heterocycles. The molecule has 2 aromatic heterocycles. The summed E-state index contributed by atoms with van der Waals surface area (Å²) in [6.07, 6.45) is 5.72. The summed E-state index contributed by atoms with van der Waals surface area (Å²) in [5.41, 5.74) is 7.45. The van der Waals surface area contributed by atoms with Crippen molar-refractivity contribution < 1.29 is 9.53 Å². The van der Waals surface area contributed by atoms with Crippen molar-refractivity contribution in [2.75, 3.05) is 5.75 Å². The lowest BCUT2D eigenvalue weighted by Crippen LogP contribution is -2.24. The molecule has 42 heavy (non-hydrogen) atoms. The molecule has 6 rings (SSSR count). The van der Waals surface area contributed by atoms with Crippen molar-refractivity contribution in [2.24, 2.45) is 5.10 Å². The van der Waals surface area contributed by atoms with E-state index in [0.717, 1.165) is 69.6 Å². The quantitative estimate of drug-likeness (QED) is 0.0917. The number of hydrazone groups is 1. The molecular weight excluding hydrogens is 565 g/mol. The number of ether oxygens (including phenoxy) is 1. The van der Waals surface area contributed by atoms with E-state index in [9.17, 15) is 9.59 Å². The number of thioether (sulfide) groups is 1. The summed E-state index contributed by atoms with van der Waals surface area (Å²) in [5.74, 6) is 0.542. The van der Waals surface area contributed by atoms with Crippen LogP contribution in [0.3, 0.4) is 0 Å². The minimum atomic E-state index is -0.283. The minimum Gasteiger partial charge on any atom is -0.489 e. The van der Waals surface area contributed by atoms with Gasteiger partial charge in [-0.3, -0.25) is 14.2 Å². The molecule has 212 valence electrons. The summed E-state index contributed by atoms with van der Waals surface area (Å²) in [4.78, 5) is 33.5. The second kappa shape index (κ2) is 12.8. The number of aromatic nitrogens is 2. The third-order valence-corrected chi connectivity index (χ3v) is 9.24. The van der Waals surface area contributed by atoms with Crippen LogP contribution in [0.4, 0.5) is 0 Å². The highest BCUT2D eigenvalue weighted by Crippen LogP contribution is 2.35. The molecule has 0 aliphatic heterocycles. The van der Waals surface area contributed by atoms with Crippen molar-refractivity contribution in [3.8, 4) is 11.4 Å². The van der Waals surface area contributed by atoms with Gasteiger partial charge >= 0.3 is 0 Å². The number of thiophene rings is 1. The number of rotatable bonds is 9. The van der Waals surface area contributed by atoms with Gasteiger partial charge in [0.25, 0.3) is 11.5 Å². The number of fused-ring (bicyclic) bond motifs is 3. The molecule has 0 saturated heterocycles. The molecule has 0 radical (unpaired) electrons. The van der Waals surface area contributed by atoms with Gasteiger partial charge in [0.15, 0.2) is 5.16 Å². The summed E-state index contributed by atoms with van der Waals surface area (Å²) in [5, 5.41) is 5.34. The number of carbonyl (C=O) groups is 1. The van der Waals surface area contributed by atoms with Crippen LogP contribution in [-0.2, 0) is 24.2 Å². The highest BCUT2D eigenvalue weighted by molar-refractivity contribution is 7.99. The number of aryl methyl sites for hydroxylation is 3. The zero-order valence-corrected chi connectivity index (χ0v) is 24.8. The van der Waals surface area contributed by atoms with Gasteiger partial charge in [-0.1, -0.05) is 59.8 Å². The van der Waals surface area contributed by atoms with Gasteiger partial charge in [-0.05, 0) is 85.7 Å². The van der Waals surface area contributed by atoms with E-state index in [1.165, 1.54) is 16.6 Å². The Bertz CT molecular complexity index is 1790. The maximum Gasteiger partial charge on any atom is 0.267 e. The van der Waals surface area contributed by atoms with Crippen LogP contribution in [0.15, 0.2) is 93.9 Å². The third kappa shape index (κ3) is 6.32. The average Bonchev–Trinajstić information content (AvgIpc) is 3.40. The van der Waals surface area contributed by atoms with Gasteiger partial charge in [-0.25, -0.2) is 10.4 Å². The Morgan fingerprint density at radius 2 is 1.81 bits per heavy atom. The number of nitrogens with zero attached hydrogens (tertiary/aromatic N) is 3. The van der Waals surface area contributed by atoms with Crippen LogP contribution < -0.4 is 15.7 Å². The topological polar surface area (TPSA) is 85.6 Å². The van der Waals surface area contributed by atoms with Crippen LogP contribution in [0, 0.1) is 6.92 Å². The summed E-state index contributed by atoms with van der Waals surface area (Å²) in [6, 6.07) is 25.3. The first-order valence-electron chi connectivity index (χ1n) is 13.9. The Hall–Kier alpha value is -4.21. The maximum absolute atomic E-state index is 13.9. The molecule has 9 heteroatoms. The standard InChI is InChI=1S/C33H30N4O3S2/c1-22-11-15-25(16-12-22)37-32(39)30-27-9-5-6-10-28(27)42-31(30)35-33(37)41-21-29(38)36-34-19-23-13-17-26(18-14-23)40-20-24-7-3-2-4-8-24/h2-4,7-8,11-19H,5-6,9-10,20-21H2,1H3,(H,36,38). The highest BCUT2D eigenvalue weighted by Gasteiger charge is 2.23. The van der Waals surface area contributed by atoms with Crippen molar-refractivity contribution in [1.29, 1.82) is 0 Å². The van der Waals surface area contributed by atoms with Crippen molar-refractivity contribution in [3.63, 3.8) is 0 Å². The SMILES string of the molecule is Cc1ccc(-n2c(SCC(=O)NN=Cc3ccc(OCc4ccccc4)cc3)nc3sc4c(c3c2=O)CCCC4)cc1. The van der Waals surface area contributed by atoms with E-state index in [1.807, 2.05) is 85.8 Å². The monoisotopic (exact) mass is 594 g/mol. The molecule has 0 unspecified atom stereocenters. The zero-order valence-electron chi connectivity index (χ0n) is 23.2. The van der Waals surface area contributed by atoms with E-state index in [4.69, 9.17) is 9.72 Å². The molecular formula is C33H30N4O3S2. The molecule has 0 fully saturated rings. The number of benzene rings is 3. The van der Waals surface area contributed by atoms with Crippen LogP contribution in [0.1, 0.15) is 40.0 Å². The molecule has 1 N–H and O–H groups in total. The molecule has 5 aromatic rings. The molecule has 0 atom stereocenters. The lowest BCUT2D eigenvalue weighted by atomic mass is 9.97. The lowest BCUT2D eigenvalue weighted by Gasteiger charge is -2.13. The molecule has 7 nitrogen and oxygen atoms in total. The van der Waals surface area contributed by atoms with Crippen molar-refractivity contribution in [3.05, 3.63) is 116 Å². The van der Waals surface area contributed by atoms with Gasteiger partial charge in [0.1, 0.15) is 17.2 Å². The fourth-order valence-electron chi connectivity index (χ4n) is 4.94. The van der Waals surface area contributed by atoms with Gasteiger partial charge in [0.2, 0.25) is 0 Å². The summed E-state index contributed by atoms with van der Waals surface area (Å²) in [6.45, 7) is 2.51. The molecule has 1 amide bonds. The first kappa shape index (κ1) is 27.9. The number of hydrogen-bond donors (Lipinski definition) is 1. The Morgan fingerprint density at radius 3 is 2.60 bits per heavy atom. The van der Waals surface area contributed by atoms with E-state index in [2.05, 4.69) is 10.5 Å². The Balaban J connectivity index is 1.13. The fraction of sp³-hybridized carbons (Fsp3) is 0.212. The second-order valence-corrected chi connectivity index (χ2v) is 12.2. The van der Waals surface area contributed by atoms with Gasteiger partial charge in [-0.2, -0.15) is 5.10 Å². The molecule has 3 aromatic carbocycles. The Labute approximate surface area is 252 Å². The van der Waals surface area contributed by atoms with Crippen LogP contribution in [0.5, 0.6) is 5.75 Å². The van der Waals surface area contributed by atoms with Crippen LogP contribution in [-0.4, -0.2) is 27.4 Å². The normalized spacial score (nSPS) is 12.9. The van der Waals surface area contributed by atoms with Gasteiger partial charge in [-0.15, -0.1) is 11.3 Å². The summed E-state index contributed by atoms with van der Waals surface area (Å²) >= 11 is 2.85. The van der Waals surface area contributed by atoms with Crippen molar-refractivity contribution >= 4 is 45.4 Å². The summed E-state index contributed by atoms with van der Waals surface area (Å²) in [7, 11) is 0. The van der Waals surface area contributed by atoms with Crippen LogP contribution >= 0.6 is 23.1 Å². The first-order chi connectivity index (χ1) is 20.5. The van der Waals surface area contributed by atoms with Gasteiger partial charge < -0.3 is 4.74 Å². The van der Waals surface area contributed by atoms with Crippen LogP contribution in [0.2, 0.25) is 0 Å². The molecule has 1 aliphatic rings. The predicted molar refractivity (Wildman–Crippen MR) is 170 cm³/mol. The maximum atomic E-state index is 13.9. The smallest absolute Gasteiger partial charge is 0.267 e. The molecule has 0 saturated carbocycles. The molecule has 0 spiro atoms. The average molecular weight is 595 g/mol. The second-order valence-electron chi connectivity index (χ2n) is 10.2. The first-order valence-corrected chi connectivity index (χ1v) is 15.7. The van der Waals surface area contributed by atoms with E-state index in [-0.39, 0.29) is 17.2 Å². The third-order valence-electron chi connectivity index (χ3n) is 7.11. The van der Waals surface area contributed by atoms with E-state index in [1.54, 1.807) is 22.1 Å². The van der Waals surface area contributed by atoms with E-state index in [0.29, 0.717) is 11.8 Å². The fourth-order valence-corrected chi connectivity index (χ4v) is 7.04. The van der Waals surface area contributed by atoms with Crippen molar-refractivity contribution in [2.45, 2.75) is 44.4 Å². The Morgan fingerprint density at radius 1 is 1.05 bits per heavy atom. The van der Waals surface area contributed by atoms with Crippen LogP contribution in [0.25, 0.3) is 15.9 Å². The lowest BCUT2D eigenvalue weighted by molar-refractivity contribution is -0.118. The Kier molecular flexibility index (Phi) is 8.48. The van der Waals surface area contributed by atoms with Gasteiger partial charge in [0, 0.05) is 4.88 Å². The summed E-state index contributed by atoms with van der Waals surface area (Å²) < 4.78 is 7.47. The highest BCUT2D eigenvalue weighted by atomic mass is 32.2. The van der Waals surface area contributed by atoms with Crippen molar-refractivity contribution in [1.82, 2.24) is 15.0 Å². The number of nitrogens with one attached hydrogen (secondary N) is 1. The number of carbonyl (C=O) groups excluding carboxylic acids is 1. The molecule has 0 bridgehead atoms. The predicted octanol–water partition coefficient (Wildman–Crippen LogP) is 6.46. The minimum absolute atomic E-state index is 0.0680. The zero-order chi connectivity index (χ0) is 28.9. The number of amides is 1. The molecule has 1 aliphatic carbocycles. The van der Waals surface area contributed by atoms with E-state index >= 15 is 0 Å². The number of hydrogen-bond acceptors (Lipinski definition) is 7.